The molecule has 4 N–H and O–H groups in total. The summed E-state index contributed by atoms with van der Waals surface area (Å²) in [5.74, 6) is 1.17. The third-order valence-electron chi connectivity index (χ3n) is 8.33. The molecule has 0 spiro atoms. The Morgan fingerprint density at radius 2 is 1.77 bits per heavy atom. The number of para-hydroxylation sites is 1. The minimum Gasteiger partial charge on any atom is -0.481 e. The summed E-state index contributed by atoms with van der Waals surface area (Å²) >= 11 is 0. The van der Waals surface area contributed by atoms with E-state index in [1.165, 1.54) is 6.42 Å². The molecule has 2 amide bonds. The van der Waals surface area contributed by atoms with E-state index in [1.807, 2.05) is 30.5 Å². The third kappa shape index (κ3) is 5.02. The van der Waals surface area contributed by atoms with E-state index in [2.05, 4.69) is 15.6 Å². The first-order chi connectivity index (χ1) is 16.8. The van der Waals surface area contributed by atoms with Gasteiger partial charge in [0.05, 0.1) is 0 Å². The average molecular weight is 482 g/mol. The number of carboxylic acid groups (broad SMARTS) is 1. The van der Waals surface area contributed by atoms with Crippen LogP contribution in [-0.2, 0) is 20.7 Å². The Kier molecular flexibility index (Phi) is 6.47. The van der Waals surface area contributed by atoms with Gasteiger partial charge in [0, 0.05) is 36.5 Å². The molecular formula is C27H35N3O5. The van der Waals surface area contributed by atoms with Crippen molar-refractivity contribution in [3.63, 3.8) is 0 Å². The highest BCUT2D eigenvalue weighted by Crippen LogP contribution is 2.54. The molecule has 2 aromatic rings. The van der Waals surface area contributed by atoms with Crippen LogP contribution in [0, 0.1) is 23.7 Å². The number of hydrogen-bond donors (Lipinski definition) is 4. The molecule has 8 heteroatoms. The number of H-pyrrole nitrogens is 1. The minimum atomic E-state index is -1.25. The fraction of sp³-hybridized carbons (Fsp3) is 0.593. The number of ether oxygens (including phenoxy) is 1. The zero-order valence-corrected chi connectivity index (χ0v) is 20.2. The molecule has 1 aromatic heterocycles. The fourth-order valence-electron chi connectivity index (χ4n) is 6.92. The molecule has 4 saturated carbocycles. The van der Waals surface area contributed by atoms with Crippen molar-refractivity contribution in [1.82, 2.24) is 15.6 Å². The fourth-order valence-corrected chi connectivity index (χ4v) is 6.92. The number of carboxylic acids is 1. The van der Waals surface area contributed by atoms with Gasteiger partial charge in [0.2, 0.25) is 5.91 Å². The van der Waals surface area contributed by atoms with Gasteiger partial charge in [-0.25, -0.2) is 4.79 Å². The molecule has 0 radical (unpaired) electrons. The van der Waals surface area contributed by atoms with Crippen molar-refractivity contribution >= 4 is 28.9 Å². The maximum absolute atomic E-state index is 13.3. The van der Waals surface area contributed by atoms with E-state index in [-0.39, 0.29) is 31.4 Å². The Morgan fingerprint density at radius 3 is 2.46 bits per heavy atom. The molecule has 4 fully saturated rings. The number of amides is 2. The van der Waals surface area contributed by atoms with Crippen molar-refractivity contribution in [2.75, 3.05) is 6.54 Å². The van der Waals surface area contributed by atoms with E-state index >= 15 is 0 Å². The second-order valence-electron chi connectivity index (χ2n) is 11.0. The van der Waals surface area contributed by atoms with Gasteiger partial charge in [-0.1, -0.05) is 18.2 Å². The summed E-state index contributed by atoms with van der Waals surface area (Å²) in [4.78, 5) is 40.5. The Labute approximate surface area is 205 Å². The van der Waals surface area contributed by atoms with Gasteiger partial charge in [0.15, 0.2) is 0 Å². The number of aliphatic carboxylic acids is 1. The Balaban J connectivity index is 1.30. The Morgan fingerprint density at radius 1 is 1.09 bits per heavy atom. The number of carbonyl (C=O) groups is 3. The summed E-state index contributed by atoms with van der Waals surface area (Å²) in [6.45, 7) is 1.93. The van der Waals surface area contributed by atoms with Crippen molar-refractivity contribution in [2.24, 2.45) is 23.7 Å². The predicted molar refractivity (Wildman–Crippen MR) is 131 cm³/mol. The first kappa shape index (κ1) is 23.7. The molecular weight excluding hydrogens is 446 g/mol. The van der Waals surface area contributed by atoms with Crippen LogP contribution >= 0.6 is 0 Å². The summed E-state index contributed by atoms with van der Waals surface area (Å²) in [7, 11) is 0. The molecule has 1 atom stereocenters. The summed E-state index contributed by atoms with van der Waals surface area (Å²) in [5.41, 5.74) is 0.624. The summed E-state index contributed by atoms with van der Waals surface area (Å²) in [6, 6.07) is 7.84. The lowest BCUT2D eigenvalue weighted by Crippen LogP contribution is -2.59. The van der Waals surface area contributed by atoms with Gasteiger partial charge in [0.25, 0.3) is 0 Å². The maximum Gasteiger partial charge on any atom is 0.408 e. The van der Waals surface area contributed by atoms with Gasteiger partial charge >= 0.3 is 12.1 Å². The van der Waals surface area contributed by atoms with Crippen molar-refractivity contribution < 1.29 is 24.2 Å². The quantitative estimate of drug-likeness (QED) is 0.404. The van der Waals surface area contributed by atoms with E-state index in [0.717, 1.165) is 54.0 Å². The van der Waals surface area contributed by atoms with E-state index in [9.17, 15) is 14.4 Å². The molecule has 4 bridgehead atoms. The number of nitrogens with one attached hydrogen (secondary N) is 3. The van der Waals surface area contributed by atoms with Crippen LogP contribution in [-0.4, -0.2) is 46.2 Å². The molecule has 188 valence electrons. The number of alkyl carbamates (subject to hydrolysis) is 1. The van der Waals surface area contributed by atoms with Crippen molar-refractivity contribution in [2.45, 2.75) is 69.9 Å². The standard InChI is InChI=1S/C27H35N3O5/c1-27(25(33)28-8-4-7-23(31)32,14-20-15-29-22-6-3-2-5-21(20)22)30-26(34)35-24-18-10-16-9-17(12-18)13-19(24)11-16/h2-3,5-6,15-19,24,29H,4,7-14H2,1H3,(H,28,33)(H,30,34)(H,31,32)/t16?,17?,18?,19?,24?,27-/m1/s1. The second kappa shape index (κ2) is 9.55. The van der Waals surface area contributed by atoms with E-state index in [1.54, 1.807) is 6.92 Å². The van der Waals surface area contributed by atoms with Crippen LogP contribution in [0.2, 0.25) is 0 Å². The first-order valence-electron chi connectivity index (χ1n) is 12.8. The van der Waals surface area contributed by atoms with Gasteiger partial charge < -0.3 is 25.5 Å². The molecule has 1 heterocycles. The van der Waals surface area contributed by atoms with Crippen molar-refractivity contribution in [1.29, 1.82) is 0 Å². The normalized spacial score (nSPS) is 28.4. The average Bonchev–Trinajstić information content (AvgIpc) is 3.21. The number of aromatic amines is 1. The van der Waals surface area contributed by atoms with Crippen molar-refractivity contribution in [3.8, 4) is 0 Å². The minimum absolute atomic E-state index is 0.0264. The van der Waals surface area contributed by atoms with Crippen LogP contribution in [0.1, 0.15) is 57.4 Å². The van der Waals surface area contributed by atoms with Crippen LogP contribution < -0.4 is 10.6 Å². The summed E-state index contributed by atoms with van der Waals surface area (Å²) in [5, 5.41) is 15.6. The smallest absolute Gasteiger partial charge is 0.408 e. The number of carbonyl (C=O) groups excluding carboxylic acids is 2. The topological polar surface area (TPSA) is 121 Å². The highest BCUT2D eigenvalue weighted by molar-refractivity contribution is 5.91. The largest absolute Gasteiger partial charge is 0.481 e. The molecule has 1 aromatic carbocycles. The van der Waals surface area contributed by atoms with Gasteiger partial charge in [0.1, 0.15) is 11.6 Å². The summed E-state index contributed by atoms with van der Waals surface area (Å²) in [6.07, 6.45) is 7.71. The van der Waals surface area contributed by atoms with E-state index in [0.29, 0.717) is 18.3 Å². The van der Waals surface area contributed by atoms with Crippen LogP contribution in [0.5, 0.6) is 0 Å². The van der Waals surface area contributed by atoms with Gasteiger partial charge in [-0.3, -0.25) is 9.59 Å². The van der Waals surface area contributed by atoms with E-state index < -0.39 is 17.6 Å². The zero-order chi connectivity index (χ0) is 24.6. The molecule has 4 aliphatic rings. The Bertz CT molecular complexity index is 1080. The van der Waals surface area contributed by atoms with E-state index in [4.69, 9.17) is 9.84 Å². The number of aromatic nitrogens is 1. The maximum atomic E-state index is 13.3. The number of benzene rings is 1. The lowest BCUT2D eigenvalue weighted by atomic mass is 9.55. The molecule has 0 unspecified atom stereocenters. The third-order valence-corrected chi connectivity index (χ3v) is 8.33. The molecule has 6 rings (SSSR count). The second-order valence-corrected chi connectivity index (χ2v) is 11.0. The monoisotopic (exact) mass is 481 g/mol. The molecule has 35 heavy (non-hydrogen) atoms. The van der Waals surface area contributed by atoms with Gasteiger partial charge in [-0.2, -0.15) is 0 Å². The van der Waals surface area contributed by atoms with Crippen LogP contribution in [0.3, 0.4) is 0 Å². The van der Waals surface area contributed by atoms with Crippen LogP contribution in [0.15, 0.2) is 30.5 Å². The SMILES string of the molecule is C[C@](Cc1c[nH]c2ccccc12)(NC(=O)OC1C2CC3CC(C2)CC1C3)C(=O)NCCCC(=O)O. The first-order valence-corrected chi connectivity index (χ1v) is 12.8. The number of hydrogen-bond acceptors (Lipinski definition) is 4. The highest BCUT2D eigenvalue weighted by atomic mass is 16.6. The number of fused-ring (bicyclic) bond motifs is 1. The highest BCUT2D eigenvalue weighted by Gasteiger charge is 2.50. The van der Waals surface area contributed by atoms with Crippen LogP contribution in [0.25, 0.3) is 10.9 Å². The lowest BCUT2D eigenvalue weighted by molar-refractivity contribution is -0.137. The van der Waals surface area contributed by atoms with Crippen LogP contribution in [0.4, 0.5) is 4.79 Å². The molecule has 0 aliphatic heterocycles. The van der Waals surface area contributed by atoms with Gasteiger partial charge in [-0.05, 0) is 80.8 Å². The molecule has 4 aliphatic carbocycles. The lowest BCUT2D eigenvalue weighted by Gasteiger charge is -2.53. The molecule has 0 saturated heterocycles. The molecule has 8 nitrogen and oxygen atoms in total. The Hall–Kier alpha value is -3.03. The zero-order valence-electron chi connectivity index (χ0n) is 20.2. The van der Waals surface area contributed by atoms with Crippen molar-refractivity contribution in [3.05, 3.63) is 36.0 Å². The summed E-state index contributed by atoms with van der Waals surface area (Å²) < 4.78 is 6.02. The number of rotatable bonds is 9. The predicted octanol–water partition coefficient (Wildman–Crippen LogP) is 4.00. The van der Waals surface area contributed by atoms with Gasteiger partial charge in [-0.15, -0.1) is 0 Å².